The lowest BCUT2D eigenvalue weighted by molar-refractivity contribution is 0.986. The summed E-state index contributed by atoms with van der Waals surface area (Å²) in [6.07, 6.45) is 0. The van der Waals surface area contributed by atoms with Crippen molar-refractivity contribution in [1.82, 2.24) is 9.97 Å². The van der Waals surface area contributed by atoms with Crippen LogP contribution in [0.1, 0.15) is 16.8 Å². The molecule has 0 saturated heterocycles. The van der Waals surface area contributed by atoms with Gasteiger partial charge in [-0.15, -0.1) is 0 Å². The molecule has 0 unspecified atom stereocenters. The summed E-state index contributed by atoms with van der Waals surface area (Å²) in [5.41, 5.74) is 2.75. The summed E-state index contributed by atoms with van der Waals surface area (Å²) < 4.78 is 0. The van der Waals surface area contributed by atoms with Crippen LogP contribution in [-0.2, 0) is 18.1 Å². The van der Waals surface area contributed by atoms with E-state index < -0.39 is 0 Å². The van der Waals surface area contributed by atoms with E-state index in [0.29, 0.717) is 17.5 Å². The van der Waals surface area contributed by atoms with Crippen molar-refractivity contribution < 1.29 is 0 Å². The number of nitrogens with zero attached hydrogens (tertiary/aromatic N) is 1. The quantitative estimate of drug-likeness (QED) is 0.914. The van der Waals surface area contributed by atoms with E-state index in [1.54, 1.807) is 11.8 Å². The third-order valence-electron chi connectivity index (χ3n) is 2.96. The van der Waals surface area contributed by atoms with Gasteiger partial charge in [0, 0.05) is 28.6 Å². The first-order valence-electron chi connectivity index (χ1n) is 5.90. The molecule has 1 aromatic heterocycles. The Morgan fingerprint density at radius 1 is 1.32 bits per heavy atom. The van der Waals surface area contributed by atoms with E-state index in [0.717, 1.165) is 28.3 Å². The second-order valence-electron chi connectivity index (χ2n) is 4.31. The van der Waals surface area contributed by atoms with Crippen molar-refractivity contribution in [3.05, 3.63) is 56.5 Å². The minimum atomic E-state index is -0.0337. The lowest BCUT2D eigenvalue weighted by Crippen LogP contribution is -2.17. The molecule has 1 aliphatic heterocycles. The zero-order chi connectivity index (χ0) is 13.2. The molecule has 2 N–H and O–H groups in total. The van der Waals surface area contributed by atoms with Gasteiger partial charge in [0.15, 0.2) is 0 Å². The number of anilines is 1. The Morgan fingerprint density at radius 2 is 2.11 bits per heavy atom. The van der Waals surface area contributed by atoms with Gasteiger partial charge in [0.05, 0.1) is 5.69 Å². The van der Waals surface area contributed by atoms with Crippen molar-refractivity contribution >= 4 is 29.3 Å². The molecule has 0 amide bonds. The topological polar surface area (TPSA) is 57.8 Å². The molecule has 2 heterocycles. The van der Waals surface area contributed by atoms with Crippen molar-refractivity contribution in [1.29, 1.82) is 0 Å². The SMILES string of the molecule is O=c1[nH]c(NCc2ccc(Cl)cc2)nc2c1CSC2. The molecule has 0 fully saturated rings. The normalized spacial score (nSPS) is 13.3. The van der Waals surface area contributed by atoms with Gasteiger partial charge in [0.1, 0.15) is 0 Å². The largest absolute Gasteiger partial charge is 0.352 e. The van der Waals surface area contributed by atoms with Crippen LogP contribution >= 0.6 is 23.4 Å². The van der Waals surface area contributed by atoms with Gasteiger partial charge in [-0.25, -0.2) is 4.98 Å². The molecule has 0 radical (unpaired) electrons. The Hall–Kier alpha value is -1.46. The number of rotatable bonds is 3. The molecule has 0 spiro atoms. The van der Waals surface area contributed by atoms with E-state index >= 15 is 0 Å². The van der Waals surface area contributed by atoms with Gasteiger partial charge in [-0.3, -0.25) is 9.78 Å². The third kappa shape index (κ3) is 2.77. The van der Waals surface area contributed by atoms with Gasteiger partial charge < -0.3 is 5.32 Å². The van der Waals surface area contributed by atoms with E-state index in [1.165, 1.54) is 0 Å². The van der Waals surface area contributed by atoms with Gasteiger partial charge >= 0.3 is 0 Å². The number of halogens is 1. The van der Waals surface area contributed by atoms with Gasteiger partial charge in [0.25, 0.3) is 5.56 Å². The molecule has 0 atom stereocenters. The summed E-state index contributed by atoms with van der Waals surface area (Å²) in [7, 11) is 0. The van der Waals surface area contributed by atoms with Crippen molar-refractivity contribution in [2.75, 3.05) is 5.32 Å². The summed E-state index contributed by atoms with van der Waals surface area (Å²) >= 11 is 7.55. The van der Waals surface area contributed by atoms with E-state index in [4.69, 9.17) is 11.6 Å². The Kier molecular flexibility index (Phi) is 3.48. The number of nitrogens with one attached hydrogen (secondary N) is 2. The lowest BCUT2D eigenvalue weighted by atomic mass is 10.2. The third-order valence-corrected chi connectivity index (χ3v) is 4.18. The monoisotopic (exact) mass is 293 g/mol. The molecule has 1 aromatic carbocycles. The fraction of sp³-hybridized carbons (Fsp3) is 0.231. The predicted octanol–water partition coefficient (Wildman–Crippen LogP) is 2.78. The van der Waals surface area contributed by atoms with E-state index in [-0.39, 0.29) is 5.56 Å². The highest BCUT2D eigenvalue weighted by molar-refractivity contribution is 7.98. The Labute approximate surface area is 119 Å². The zero-order valence-corrected chi connectivity index (χ0v) is 11.6. The summed E-state index contributed by atoms with van der Waals surface area (Å²) in [5.74, 6) is 2.10. The maximum Gasteiger partial charge on any atom is 0.256 e. The average Bonchev–Trinajstić information content (AvgIpc) is 2.87. The van der Waals surface area contributed by atoms with Crippen molar-refractivity contribution in [3.63, 3.8) is 0 Å². The van der Waals surface area contributed by atoms with Crippen molar-refractivity contribution in [2.45, 2.75) is 18.1 Å². The number of aromatic amines is 1. The fourth-order valence-corrected chi connectivity index (χ4v) is 3.10. The molecular formula is C13H12ClN3OS. The van der Waals surface area contributed by atoms with E-state index in [9.17, 15) is 4.79 Å². The molecule has 19 heavy (non-hydrogen) atoms. The van der Waals surface area contributed by atoms with Gasteiger partial charge in [-0.1, -0.05) is 23.7 Å². The molecule has 6 heteroatoms. The van der Waals surface area contributed by atoms with E-state index in [2.05, 4.69) is 15.3 Å². The van der Waals surface area contributed by atoms with Gasteiger partial charge in [-0.05, 0) is 17.7 Å². The Bertz CT molecular complexity index is 654. The molecular weight excluding hydrogens is 282 g/mol. The average molecular weight is 294 g/mol. The molecule has 98 valence electrons. The van der Waals surface area contributed by atoms with Crippen LogP contribution in [0.25, 0.3) is 0 Å². The number of fused-ring (bicyclic) bond motifs is 1. The Morgan fingerprint density at radius 3 is 2.89 bits per heavy atom. The number of benzene rings is 1. The first-order valence-corrected chi connectivity index (χ1v) is 7.44. The number of thioether (sulfide) groups is 1. The predicted molar refractivity (Wildman–Crippen MR) is 78.6 cm³/mol. The number of aromatic nitrogens is 2. The van der Waals surface area contributed by atoms with Crippen LogP contribution in [0.4, 0.5) is 5.95 Å². The summed E-state index contributed by atoms with van der Waals surface area (Å²) in [4.78, 5) is 19.0. The summed E-state index contributed by atoms with van der Waals surface area (Å²) in [6.45, 7) is 0.603. The summed E-state index contributed by atoms with van der Waals surface area (Å²) in [6, 6.07) is 7.56. The van der Waals surface area contributed by atoms with Crippen LogP contribution in [0.15, 0.2) is 29.1 Å². The molecule has 4 nitrogen and oxygen atoms in total. The van der Waals surface area contributed by atoms with Crippen molar-refractivity contribution in [2.24, 2.45) is 0 Å². The molecule has 0 bridgehead atoms. The minimum Gasteiger partial charge on any atom is -0.352 e. The highest BCUT2D eigenvalue weighted by Gasteiger charge is 2.17. The van der Waals surface area contributed by atoms with Gasteiger partial charge in [0.2, 0.25) is 5.95 Å². The molecule has 0 saturated carbocycles. The van der Waals surface area contributed by atoms with Gasteiger partial charge in [-0.2, -0.15) is 11.8 Å². The smallest absolute Gasteiger partial charge is 0.256 e. The van der Waals surface area contributed by atoms with Crippen LogP contribution < -0.4 is 10.9 Å². The summed E-state index contributed by atoms with van der Waals surface area (Å²) in [5, 5.41) is 3.84. The van der Waals surface area contributed by atoms with E-state index in [1.807, 2.05) is 24.3 Å². The molecule has 1 aliphatic rings. The first kappa shape index (κ1) is 12.6. The van der Waals surface area contributed by atoms with Crippen molar-refractivity contribution in [3.8, 4) is 0 Å². The number of H-pyrrole nitrogens is 1. The standard InChI is InChI=1S/C13H12ClN3OS/c14-9-3-1-8(2-4-9)5-15-13-16-11-7-19-6-10(11)12(18)17-13/h1-4H,5-7H2,(H2,15,16,17,18). The maximum absolute atomic E-state index is 11.8. The molecule has 0 aliphatic carbocycles. The van der Waals surface area contributed by atoms with Crippen LogP contribution in [0.5, 0.6) is 0 Å². The van der Waals surface area contributed by atoms with Crippen LogP contribution in [0, 0.1) is 0 Å². The lowest BCUT2D eigenvalue weighted by Gasteiger charge is -2.07. The minimum absolute atomic E-state index is 0.0337. The number of hydrogen-bond acceptors (Lipinski definition) is 4. The maximum atomic E-state index is 11.8. The fourth-order valence-electron chi connectivity index (χ4n) is 1.93. The first-order chi connectivity index (χ1) is 9.22. The second-order valence-corrected chi connectivity index (χ2v) is 5.73. The second kappa shape index (κ2) is 5.27. The Balaban J connectivity index is 1.75. The zero-order valence-electron chi connectivity index (χ0n) is 10.1. The molecule has 2 aromatic rings. The number of hydrogen-bond donors (Lipinski definition) is 2. The van der Waals surface area contributed by atoms with Crippen LogP contribution in [-0.4, -0.2) is 9.97 Å². The molecule has 3 rings (SSSR count). The van der Waals surface area contributed by atoms with Crippen LogP contribution in [0.3, 0.4) is 0 Å². The highest BCUT2D eigenvalue weighted by atomic mass is 35.5. The van der Waals surface area contributed by atoms with Crippen LogP contribution in [0.2, 0.25) is 5.02 Å². The highest BCUT2D eigenvalue weighted by Crippen LogP contribution is 2.25.